The minimum atomic E-state index is -3.78. The summed E-state index contributed by atoms with van der Waals surface area (Å²) in [5.74, 6) is 1.05. The van der Waals surface area contributed by atoms with Gasteiger partial charge in [-0.05, 0) is 42.0 Å². The van der Waals surface area contributed by atoms with Crippen LogP contribution in [0.4, 0.5) is 0 Å². The van der Waals surface area contributed by atoms with Gasteiger partial charge < -0.3 is 9.15 Å². The van der Waals surface area contributed by atoms with E-state index in [0.717, 1.165) is 11.1 Å². The van der Waals surface area contributed by atoms with Gasteiger partial charge in [-0.1, -0.05) is 48.5 Å². The monoisotopic (exact) mass is 434 g/mol. The summed E-state index contributed by atoms with van der Waals surface area (Å²) in [6.07, 6.45) is 1.50. The summed E-state index contributed by atoms with van der Waals surface area (Å²) in [5.41, 5.74) is 2.25. The Bertz CT molecular complexity index is 1220. The normalized spacial score (nSPS) is 11.5. The van der Waals surface area contributed by atoms with Gasteiger partial charge in [-0.2, -0.15) is 4.31 Å². The van der Waals surface area contributed by atoms with E-state index in [0.29, 0.717) is 17.3 Å². The van der Waals surface area contributed by atoms with Gasteiger partial charge >= 0.3 is 0 Å². The first-order valence-corrected chi connectivity index (χ1v) is 11.2. The maximum atomic E-state index is 13.4. The van der Waals surface area contributed by atoms with E-state index in [1.54, 1.807) is 31.4 Å². The Hall–Kier alpha value is -3.42. The highest BCUT2D eigenvalue weighted by Crippen LogP contribution is 2.24. The number of hydrogen-bond acceptors (Lipinski definition) is 5. The van der Waals surface area contributed by atoms with Crippen LogP contribution in [0, 0.1) is 0 Å². The standard InChI is InChI=1S/C24H22N2O4S/c1-29-22-12-14-23(15-13-22)31(27,28)26(16-19-8-4-2-5-9-19)17-21-18-30-24(25-21)20-10-6-3-7-11-20/h2-15,18H,16-17H2,1H3. The molecule has 1 aromatic heterocycles. The number of rotatable bonds is 8. The Morgan fingerprint density at radius 1 is 0.871 bits per heavy atom. The minimum Gasteiger partial charge on any atom is -0.497 e. The number of methoxy groups -OCH3 is 1. The van der Waals surface area contributed by atoms with Crippen LogP contribution < -0.4 is 4.74 Å². The van der Waals surface area contributed by atoms with Gasteiger partial charge in [0.2, 0.25) is 15.9 Å². The molecular weight excluding hydrogens is 412 g/mol. The van der Waals surface area contributed by atoms with Crippen molar-refractivity contribution in [3.8, 4) is 17.2 Å². The molecule has 0 amide bonds. The van der Waals surface area contributed by atoms with E-state index >= 15 is 0 Å². The third-order valence-electron chi connectivity index (χ3n) is 4.81. The predicted octanol–water partition coefficient (Wildman–Crippen LogP) is 4.74. The first kappa shape index (κ1) is 20.8. The zero-order valence-electron chi connectivity index (χ0n) is 17.0. The molecule has 0 aliphatic heterocycles. The Kier molecular flexibility index (Phi) is 6.16. The van der Waals surface area contributed by atoms with Crippen molar-refractivity contribution in [3.05, 3.63) is 102 Å². The molecule has 0 aliphatic carbocycles. The highest BCUT2D eigenvalue weighted by molar-refractivity contribution is 7.89. The highest BCUT2D eigenvalue weighted by atomic mass is 32.2. The molecule has 0 fully saturated rings. The number of oxazole rings is 1. The fourth-order valence-electron chi connectivity index (χ4n) is 3.18. The number of hydrogen-bond donors (Lipinski definition) is 0. The lowest BCUT2D eigenvalue weighted by Crippen LogP contribution is -2.30. The summed E-state index contributed by atoms with van der Waals surface area (Å²) in [5, 5.41) is 0. The summed E-state index contributed by atoms with van der Waals surface area (Å²) >= 11 is 0. The van der Waals surface area contributed by atoms with Gasteiger partial charge in [0.1, 0.15) is 12.0 Å². The van der Waals surface area contributed by atoms with E-state index in [2.05, 4.69) is 4.98 Å². The number of benzene rings is 3. The molecule has 0 bridgehead atoms. The largest absolute Gasteiger partial charge is 0.497 e. The molecule has 7 heteroatoms. The molecule has 0 spiro atoms. The van der Waals surface area contributed by atoms with Crippen LogP contribution in [0.1, 0.15) is 11.3 Å². The third-order valence-corrected chi connectivity index (χ3v) is 6.62. The fourth-order valence-corrected chi connectivity index (χ4v) is 4.58. The molecule has 6 nitrogen and oxygen atoms in total. The lowest BCUT2D eigenvalue weighted by Gasteiger charge is -2.21. The first-order chi connectivity index (χ1) is 15.1. The fraction of sp³-hybridized carbons (Fsp3) is 0.125. The molecule has 0 saturated carbocycles. The zero-order chi connectivity index (χ0) is 21.7. The SMILES string of the molecule is COc1ccc(S(=O)(=O)N(Cc2ccccc2)Cc2coc(-c3ccccc3)n2)cc1. The third kappa shape index (κ3) is 4.84. The molecule has 0 saturated heterocycles. The van der Waals surface area contributed by atoms with Crippen molar-refractivity contribution >= 4 is 10.0 Å². The van der Waals surface area contributed by atoms with E-state index in [-0.39, 0.29) is 18.0 Å². The van der Waals surface area contributed by atoms with Crippen molar-refractivity contribution in [3.63, 3.8) is 0 Å². The van der Waals surface area contributed by atoms with Crippen LogP contribution in [-0.2, 0) is 23.1 Å². The quantitative estimate of drug-likeness (QED) is 0.400. The highest BCUT2D eigenvalue weighted by Gasteiger charge is 2.26. The second-order valence-corrected chi connectivity index (χ2v) is 8.88. The van der Waals surface area contributed by atoms with E-state index in [9.17, 15) is 8.42 Å². The van der Waals surface area contributed by atoms with Crippen molar-refractivity contribution in [2.75, 3.05) is 7.11 Å². The zero-order valence-corrected chi connectivity index (χ0v) is 17.8. The summed E-state index contributed by atoms with van der Waals surface area (Å²) in [4.78, 5) is 4.69. The van der Waals surface area contributed by atoms with Crippen LogP contribution >= 0.6 is 0 Å². The van der Waals surface area contributed by atoms with Crippen LogP contribution in [0.2, 0.25) is 0 Å². The van der Waals surface area contributed by atoms with Crippen LogP contribution in [0.25, 0.3) is 11.5 Å². The molecule has 0 atom stereocenters. The van der Waals surface area contributed by atoms with Gasteiger partial charge in [0, 0.05) is 12.1 Å². The Morgan fingerprint density at radius 2 is 1.52 bits per heavy atom. The molecule has 3 aromatic carbocycles. The maximum Gasteiger partial charge on any atom is 0.243 e. The molecule has 0 N–H and O–H groups in total. The van der Waals surface area contributed by atoms with Crippen LogP contribution in [0.3, 0.4) is 0 Å². The van der Waals surface area contributed by atoms with Gasteiger partial charge in [-0.15, -0.1) is 0 Å². The Balaban J connectivity index is 1.65. The van der Waals surface area contributed by atoms with E-state index in [1.165, 1.54) is 10.6 Å². The average molecular weight is 435 g/mol. The van der Waals surface area contributed by atoms with Gasteiger partial charge in [-0.3, -0.25) is 0 Å². The van der Waals surface area contributed by atoms with E-state index in [1.807, 2.05) is 60.7 Å². The summed E-state index contributed by atoms with van der Waals surface area (Å²) in [6, 6.07) is 25.3. The molecule has 0 radical (unpaired) electrons. The predicted molar refractivity (Wildman–Crippen MR) is 118 cm³/mol. The average Bonchev–Trinajstić information content (AvgIpc) is 3.29. The van der Waals surface area contributed by atoms with Crippen LogP contribution in [-0.4, -0.2) is 24.8 Å². The Labute approximate surface area is 181 Å². The Morgan fingerprint density at radius 3 is 2.16 bits per heavy atom. The van der Waals surface area contributed by atoms with Gasteiger partial charge in [0.05, 0.1) is 24.2 Å². The number of aromatic nitrogens is 1. The number of ether oxygens (including phenoxy) is 1. The van der Waals surface area contributed by atoms with Gasteiger partial charge in [-0.25, -0.2) is 13.4 Å². The maximum absolute atomic E-state index is 13.4. The molecule has 4 rings (SSSR count). The number of nitrogens with zero attached hydrogens (tertiary/aromatic N) is 2. The molecule has 0 unspecified atom stereocenters. The smallest absolute Gasteiger partial charge is 0.243 e. The summed E-state index contributed by atoms with van der Waals surface area (Å²) in [6.45, 7) is 0.294. The molecule has 1 heterocycles. The number of sulfonamides is 1. The minimum absolute atomic E-state index is 0.0829. The van der Waals surface area contributed by atoms with E-state index in [4.69, 9.17) is 9.15 Å². The van der Waals surface area contributed by atoms with Crippen molar-refractivity contribution in [1.29, 1.82) is 0 Å². The second-order valence-electron chi connectivity index (χ2n) is 6.94. The molecule has 0 aliphatic rings. The van der Waals surface area contributed by atoms with Crippen molar-refractivity contribution in [1.82, 2.24) is 9.29 Å². The lowest BCUT2D eigenvalue weighted by atomic mass is 10.2. The molecule has 4 aromatic rings. The van der Waals surface area contributed by atoms with Crippen LogP contribution in [0.5, 0.6) is 5.75 Å². The summed E-state index contributed by atoms with van der Waals surface area (Å²) < 4.78 is 39.0. The first-order valence-electron chi connectivity index (χ1n) is 9.74. The van der Waals surface area contributed by atoms with Crippen molar-refractivity contribution in [2.24, 2.45) is 0 Å². The van der Waals surface area contributed by atoms with Crippen molar-refractivity contribution in [2.45, 2.75) is 18.0 Å². The van der Waals surface area contributed by atoms with Crippen molar-refractivity contribution < 1.29 is 17.6 Å². The lowest BCUT2D eigenvalue weighted by molar-refractivity contribution is 0.395. The second kappa shape index (κ2) is 9.16. The summed E-state index contributed by atoms with van der Waals surface area (Å²) in [7, 11) is -2.24. The van der Waals surface area contributed by atoms with Gasteiger partial charge in [0.25, 0.3) is 0 Å². The van der Waals surface area contributed by atoms with Gasteiger partial charge in [0.15, 0.2) is 0 Å². The van der Waals surface area contributed by atoms with E-state index < -0.39 is 10.0 Å². The molecular formula is C24H22N2O4S. The molecule has 158 valence electrons. The topological polar surface area (TPSA) is 72.6 Å². The van der Waals surface area contributed by atoms with Crippen LogP contribution in [0.15, 0.2) is 101 Å². The molecule has 31 heavy (non-hydrogen) atoms.